The fourth-order valence-electron chi connectivity index (χ4n) is 2.10. The quantitative estimate of drug-likeness (QED) is 0.800. The predicted molar refractivity (Wildman–Crippen MR) is 77.9 cm³/mol. The van der Waals surface area contributed by atoms with Gasteiger partial charge in [-0.05, 0) is 36.5 Å². The van der Waals surface area contributed by atoms with Crippen LogP contribution in [-0.2, 0) is 0 Å². The summed E-state index contributed by atoms with van der Waals surface area (Å²) in [5.74, 6) is 0. The molecule has 0 N–H and O–H groups in total. The molecule has 0 aliphatic heterocycles. The third kappa shape index (κ3) is 2.89. The van der Waals surface area contributed by atoms with Crippen LogP contribution in [0.15, 0.2) is 54.7 Å². The van der Waals surface area contributed by atoms with E-state index in [9.17, 15) is 0 Å². The standard InChI is InChI=1S/C15H19NS/c1-17(2,3)15(13-9-5-4-6-10-13)14-11-7-8-12-16-14/h4-12,15H,1-3H3. The zero-order valence-electron chi connectivity index (χ0n) is 10.6. The van der Waals surface area contributed by atoms with Crippen LogP contribution in [0.5, 0.6) is 0 Å². The molecule has 90 valence electrons. The van der Waals surface area contributed by atoms with Gasteiger partial charge in [0.15, 0.2) is 0 Å². The second-order valence-corrected chi connectivity index (χ2v) is 9.31. The van der Waals surface area contributed by atoms with Crippen molar-refractivity contribution in [2.24, 2.45) is 0 Å². The molecular weight excluding hydrogens is 226 g/mol. The fraction of sp³-hybridized carbons (Fsp3) is 0.267. The lowest BCUT2D eigenvalue weighted by Crippen LogP contribution is -2.10. The van der Waals surface area contributed by atoms with Gasteiger partial charge in [0.2, 0.25) is 0 Å². The number of hydrogen-bond acceptors (Lipinski definition) is 1. The van der Waals surface area contributed by atoms with Crippen LogP contribution in [0.3, 0.4) is 0 Å². The van der Waals surface area contributed by atoms with Crippen LogP contribution in [0.2, 0.25) is 0 Å². The fourth-order valence-corrected chi connectivity index (χ4v) is 3.94. The van der Waals surface area contributed by atoms with Crippen molar-refractivity contribution in [3.63, 3.8) is 0 Å². The van der Waals surface area contributed by atoms with Crippen molar-refractivity contribution in [2.45, 2.75) is 5.25 Å². The van der Waals surface area contributed by atoms with Crippen molar-refractivity contribution in [2.75, 3.05) is 18.8 Å². The van der Waals surface area contributed by atoms with E-state index in [1.54, 1.807) is 0 Å². The van der Waals surface area contributed by atoms with Gasteiger partial charge in [-0.2, -0.15) is 0 Å². The summed E-state index contributed by atoms with van der Waals surface area (Å²) < 4.78 is 0. The molecule has 0 amide bonds. The molecule has 0 spiro atoms. The number of pyridine rings is 1. The third-order valence-electron chi connectivity index (χ3n) is 2.77. The molecule has 1 heterocycles. The van der Waals surface area contributed by atoms with Gasteiger partial charge in [-0.15, -0.1) is 0 Å². The van der Waals surface area contributed by atoms with Gasteiger partial charge >= 0.3 is 0 Å². The van der Waals surface area contributed by atoms with Gasteiger partial charge in [0.1, 0.15) is 0 Å². The Labute approximate surface area is 105 Å². The molecule has 1 aromatic carbocycles. The van der Waals surface area contributed by atoms with Gasteiger partial charge in [-0.1, -0.05) is 36.4 Å². The first-order valence-corrected chi connectivity index (χ1v) is 8.64. The minimum atomic E-state index is -0.734. The molecule has 0 radical (unpaired) electrons. The van der Waals surface area contributed by atoms with Gasteiger partial charge in [-0.25, -0.2) is 10.0 Å². The highest BCUT2D eigenvalue weighted by Gasteiger charge is 2.24. The average molecular weight is 245 g/mol. The van der Waals surface area contributed by atoms with Crippen molar-refractivity contribution in [3.8, 4) is 0 Å². The summed E-state index contributed by atoms with van der Waals surface area (Å²) in [4.78, 5) is 4.54. The van der Waals surface area contributed by atoms with Crippen LogP contribution in [0, 0.1) is 0 Å². The van der Waals surface area contributed by atoms with E-state index in [1.165, 1.54) is 11.3 Å². The van der Waals surface area contributed by atoms with E-state index in [2.05, 4.69) is 66.2 Å². The Morgan fingerprint density at radius 1 is 0.882 bits per heavy atom. The molecule has 0 saturated heterocycles. The first-order chi connectivity index (χ1) is 8.09. The molecule has 1 nitrogen and oxygen atoms in total. The molecule has 17 heavy (non-hydrogen) atoms. The summed E-state index contributed by atoms with van der Waals surface area (Å²) in [6, 6.07) is 16.9. The topological polar surface area (TPSA) is 12.9 Å². The van der Waals surface area contributed by atoms with Gasteiger partial charge < -0.3 is 0 Å². The van der Waals surface area contributed by atoms with Crippen LogP contribution in [0.1, 0.15) is 16.5 Å². The molecule has 1 unspecified atom stereocenters. The van der Waals surface area contributed by atoms with Gasteiger partial charge in [0.25, 0.3) is 0 Å². The molecule has 2 aromatic rings. The summed E-state index contributed by atoms with van der Waals surface area (Å²) in [6.45, 7) is 0. The lowest BCUT2D eigenvalue weighted by molar-refractivity contribution is 1.04. The molecule has 0 aliphatic rings. The van der Waals surface area contributed by atoms with E-state index in [0.29, 0.717) is 5.25 Å². The molecule has 0 bridgehead atoms. The lowest BCUT2D eigenvalue weighted by atomic mass is 10.1. The zero-order chi connectivity index (χ0) is 12.3. The molecule has 0 aliphatic carbocycles. The summed E-state index contributed by atoms with van der Waals surface area (Å²) in [5.41, 5.74) is 2.55. The minimum Gasteiger partial charge on any atom is -0.260 e. The Balaban J connectivity index is 2.48. The number of rotatable bonds is 3. The van der Waals surface area contributed by atoms with Gasteiger partial charge in [0, 0.05) is 6.20 Å². The number of aromatic nitrogens is 1. The third-order valence-corrected chi connectivity index (χ3v) is 4.69. The second kappa shape index (κ2) is 4.92. The minimum absolute atomic E-state index is 0.421. The Hall–Kier alpha value is -1.28. The van der Waals surface area contributed by atoms with E-state index in [1.807, 2.05) is 12.3 Å². The summed E-state index contributed by atoms with van der Waals surface area (Å²) in [6.07, 6.45) is 8.93. The molecular formula is C15H19NS. The molecule has 0 saturated carbocycles. The monoisotopic (exact) mass is 245 g/mol. The normalized spacial score (nSPS) is 14.3. The molecule has 0 fully saturated rings. The summed E-state index contributed by atoms with van der Waals surface area (Å²) in [7, 11) is -0.734. The maximum absolute atomic E-state index is 4.54. The lowest BCUT2D eigenvalue weighted by Gasteiger charge is -2.36. The molecule has 1 atom stereocenters. The molecule has 1 aromatic heterocycles. The Morgan fingerprint density at radius 3 is 2.06 bits per heavy atom. The summed E-state index contributed by atoms with van der Waals surface area (Å²) >= 11 is 0. The number of hydrogen-bond donors (Lipinski definition) is 0. The average Bonchev–Trinajstić information content (AvgIpc) is 2.30. The van der Waals surface area contributed by atoms with Crippen LogP contribution in [0.25, 0.3) is 0 Å². The Kier molecular flexibility index (Phi) is 3.53. The van der Waals surface area contributed by atoms with Crippen LogP contribution in [0.4, 0.5) is 0 Å². The highest BCUT2D eigenvalue weighted by Crippen LogP contribution is 2.54. The Bertz CT molecular complexity index is 420. The van der Waals surface area contributed by atoms with E-state index in [-0.39, 0.29) is 0 Å². The number of nitrogens with zero attached hydrogens (tertiary/aromatic N) is 1. The zero-order valence-corrected chi connectivity index (χ0v) is 11.4. The largest absolute Gasteiger partial charge is 0.260 e. The van der Waals surface area contributed by atoms with E-state index < -0.39 is 10.0 Å². The smallest absolute Gasteiger partial charge is 0.0563 e. The molecule has 2 rings (SSSR count). The van der Waals surface area contributed by atoms with Crippen molar-refractivity contribution in [3.05, 3.63) is 66.0 Å². The van der Waals surface area contributed by atoms with E-state index in [4.69, 9.17) is 0 Å². The van der Waals surface area contributed by atoms with Crippen molar-refractivity contribution >= 4 is 10.0 Å². The van der Waals surface area contributed by atoms with Gasteiger partial charge in [0.05, 0.1) is 10.9 Å². The van der Waals surface area contributed by atoms with Crippen molar-refractivity contribution in [1.29, 1.82) is 0 Å². The number of benzene rings is 1. The van der Waals surface area contributed by atoms with Crippen molar-refractivity contribution < 1.29 is 0 Å². The molecule has 2 heteroatoms. The highest BCUT2D eigenvalue weighted by atomic mass is 32.3. The maximum atomic E-state index is 4.54. The van der Waals surface area contributed by atoms with Crippen molar-refractivity contribution in [1.82, 2.24) is 4.98 Å². The van der Waals surface area contributed by atoms with Crippen LogP contribution >= 0.6 is 10.0 Å². The first-order valence-electron chi connectivity index (χ1n) is 5.72. The SMILES string of the molecule is CS(C)(C)C(c1ccccc1)c1ccccn1. The van der Waals surface area contributed by atoms with Gasteiger partial charge in [-0.3, -0.25) is 4.98 Å². The first kappa shape index (κ1) is 12.2. The van der Waals surface area contributed by atoms with Crippen LogP contribution in [-0.4, -0.2) is 23.8 Å². The van der Waals surface area contributed by atoms with Crippen LogP contribution < -0.4 is 0 Å². The Morgan fingerprint density at radius 2 is 1.53 bits per heavy atom. The van der Waals surface area contributed by atoms with E-state index in [0.717, 1.165) is 0 Å². The summed E-state index contributed by atoms with van der Waals surface area (Å²) in [5, 5.41) is 0.421. The maximum Gasteiger partial charge on any atom is 0.0563 e. The second-order valence-electron chi connectivity index (χ2n) is 4.98. The highest BCUT2D eigenvalue weighted by molar-refractivity contribution is 8.32. The predicted octanol–water partition coefficient (Wildman–Crippen LogP) is 3.87. The van der Waals surface area contributed by atoms with E-state index >= 15 is 0 Å².